The van der Waals surface area contributed by atoms with Crippen LogP contribution >= 0.6 is 0 Å². The average Bonchev–Trinajstić information content (AvgIpc) is 3.02. The summed E-state index contributed by atoms with van der Waals surface area (Å²) in [5.41, 5.74) is 0. The van der Waals surface area contributed by atoms with Gasteiger partial charge in [-0.2, -0.15) is 0 Å². The lowest BCUT2D eigenvalue weighted by atomic mass is 9.70. The van der Waals surface area contributed by atoms with E-state index in [0.717, 1.165) is 12.8 Å². The lowest BCUT2D eigenvalue weighted by Crippen LogP contribution is -2.43. The number of fused-ring (bicyclic) bond motifs is 2. The minimum absolute atomic E-state index is 0.256. The minimum Gasteiger partial charge on any atom is -0.377 e. The predicted octanol–water partition coefficient (Wildman–Crippen LogP) is 1.38. The van der Waals surface area contributed by atoms with Crippen LogP contribution in [-0.2, 0) is 14.2 Å². The minimum atomic E-state index is 0.256. The first kappa shape index (κ1) is 9.82. The number of ether oxygens (including phenoxy) is 3. The van der Waals surface area contributed by atoms with E-state index in [-0.39, 0.29) is 12.2 Å². The van der Waals surface area contributed by atoms with Crippen molar-refractivity contribution in [1.29, 1.82) is 0 Å². The molecule has 0 aromatic rings. The normalized spacial score (nSPS) is 52.1. The van der Waals surface area contributed by atoms with Gasteiger partial charge < -0.3 is 14.2 Å². The Balaban J connectivity index is 1.82. The van der Waals surface area contributed by atoms with E-state index in [2.05, 4.69) is 12.2 Å². The molecule has 0 N–H and O–H groups in total. The quantitative estimate of drug-likeness (QED) is 0.509. The van der Waals surface area contributed by atoms with Crippen molar-refractivity contribution in [3.8, 4) is 0 Å². The maximum Gasteiger partial charge on any atom is 0.0845 e. The van der Waals surface area contributed by atoms with Gasteiger partial charge in [-0.25, -0.2) is 0 Å². The molecule has 2 aliphatic carbocycles. The zero-order chi connectivity index (χ0) is 10.4. The second kappa shape index (κ2) is 3.58. The number of rotatable bonds is 2. The van der Waals surface area contributed by atoms with Gasteiger partial charge in [-0.15, -0.1) is 0 Å². The zero-order valence-electron chi connectivity index (χ0n) is 9.26. The molecule has 1 heterocycles. The van der Waals surface area contributed by atoms with Crippen molar-refractivity contribution < 1.29 is 14.2 Å². The van der Waals surface area contributed by atoms with Crippen LogP contribution in [0, 0.1) is 11.8 Å². The lowest BCUT2D eigenvalue weighted by molar-refractivity contribution is -0.0209. The van der Waals surface area contributed by atoms with Crippen LogP contribution < -0.4 is 0 Å². The molecule has 84 valence electrons. The van der Waals surface area contributed by atoms with Crippen LogP contribution in [0.2, 0.25) is 0 Å². The Kier molecular flexibility index (Phi) is 2.34. The summed E-state index contributed by atoms with van der Waals surface area (Å²) < 4.78 is 16.7. The molecule has 2 fully saturated rings. The molecular formula is C12H18O3. The highest BCUT2D eigenvalue weighted by atomic mass is 16.6. The second-order valence-corrected chi connectivity index (χ2v) is 4.80. The van der Waals surface area contributed by atoms with Gasteiger partial charge in [0.1, 0.15) is 0 Å². The SMILES string of the molecule is COC1C=CC(OC)C2CC3OC3CC12. The third-order valence-corrected chi connectivity index (χ3v) is 4.13. The highest BCUT2D eigenvalue weighted by molar-refractivity contribution is 5.12. The van der Waals surface area contributed by atoms with Crippen LogP contribution in [-0.4, -0.2) is 38.6 Å². The molecule has 3 nitrogen and oxygen atoms in total. The van der Waals surface area contributed by atoms with Crippen molar-refractivity contribution in [3.63, 3.8) is 0 Å². The second-order valence-electron chi connectivity index (χ2n) is 4.80. The van der Waals surface area contributed by atoms with Gasteiger partial charge in [0.2, 0.25) is 0 Å². The van der Waals surface area contributed by atoms with Gasteiger partial charge in [0.25, 0.3) is 0 Å². The Morgan fingerprint density at radius 2 is 1.40 bits per heavy atom. The van der Waals surface area contributed by atoms with Gasteiger partial charge in [0, 0.05) is 14.2 Å². The van der Waals surface area contributed by atoms with Crippen LogP contribution in [0.1, 0.15) is 12.8 Å². The van der Waals surface area contributed by atoms with E-state index in [1.807, 2.05) is 0 Å². The van der Waals surface area contributed by atoms with Gasteiger partial charge in [-0.3, -0.25) is 0 Å². The first-order chi connectivity index (χ1) is 7.33. The molecule has 0 aromatic carbocycles. The number of hydrogen-bond acceptors (Lipinski definition) is 3. The Labute approximate surface area is 90.4 Å². The molecule has 0 aromatic heterocycles. The Morgan fingerprint density at radius 3 is 1.80 bits per heavy atom. The van der Waals surface area contributed by atoms with Crippen LogP contribution in [0.25, 0.3) is 0 Å². The highest BCUT2D eigenvalue weighted by Gasteiger charge is 2.52. The monoisotopic (exact) mass is 210 g/mol. The molecular weight excluding hydrogens is 192 g/mol. The van der Waals surface area contributed by atoms with Gasteiger partial charge in [-0.05, 0) is 24.7 Å². The van der Waals surface area contributed by atoms with E-state index in [1.165, 1.54) is 0 Å². The first-order valence-electron chi connectivity index (χ1n) is 5.73. The lowest BCUT2D eigenvalue weighted by Gasteiger charge is -2.40. The summed E-state index contributed by atoms with van der Waals surface area (Å²) in [6, 6.07) is 0. The maximum absolute atomic E-state index is 5.62. The number of epoxide rings is 1. The Morgan fingerprint density at radius 1 is 0.933 bits per heavy atom. The Hall–Kier alpha value is -0.380. The summed E-state index contributed by atoms with van der Waals surface area (Å²) in [6.07, 6.45) is 8.10. The Bertz CT molecular complexity index is 250. The van der Waals surface area contributed by atoms with Crippen LogP contribution in [0.5, 0.6) is 0 Å². The molecule has 15 heavy (non-hydrogen) atoms. The molecule has 0 amide bonds. The summed E-state index contributed by atoms with van der Waals surface area (Å²) >= 11 is 0. The zero-order valence-corrected chi connectivity index (χ0v) is 9.26. The van der Waals surface area contributed by atoms with Crippen molar-refractivity contribution >= 4 is 0 Å². The first-order valence-corrected chi connectivity index (χ1v) is 5.73. The third kappa shape index (κ3) is 1.53. The van der Waals surface area contributed by atoms with E-state index in [9.17, 15) is 0 Å². The van der Waals surface area contributed by atoms with Gasteiger partial charge in [0.05, 0.1) is 24.4 Å². The maximum atomic E-state index is 5.62. The highest BCUT2D eigenvalue weighted by Crippen LogP contribution is 2.48. The van der Waals surface area contributed by atoms with Crippen molar-refractivity contribution in [1.82, 2.24) is 0 Å². The van der Waals surface area contributed by atoms with E-state index >= 15 is 0 Å². The molecule has 3 rings (SSSR count). The van der Waals surface area contributed by atoms with E-state index in [0.29, 0.717) is 24.0 Å². The summed E-state index contributed by atoms with van der Waals surface area (Å²) in [4.78, 5) is 0. The van der Waals surface area contributed by atoms with E-state index < -0.39 is 0 Å². The van der Waals surface area contributed by atoms with Crippen molar-refractivity contribution in [3.05, 3.63) is 12.2 Å². The van der Waals surface area contributed by atoms with Crippen molar-refractivity contribution in [2.45, 2.75) is 37.3 Å². The fraction of sp³-hybridized carbons (Fsp3) is 0.833. The van der Waals surface area contributed by atoms with E-state index in [4.69, 9.17) is 14.2 Å². The molecule has 1 saturated carbocycles. The van der Waals surface area contributed by atoms with Crippen LogP contribution in [0.4, 0.5) is 0 Å². The summed E-state index contributed by atoms with van der Waals surface area (Å²) in [6.45, 7) is 0. The average molecular weight is 210 g/mol. The van der Waals surface area contributed by atoms with Gasteiger partial charge in [-0.1, -0.05) is 12.2 Å². The van der Waals surface area contributed by atoms with Crippen LogP contribution in [0.15, 0.2) is 12.2 Å². The fourth-order valence-electron chi connectivity index (χ4n) is 3.25. The molecule has 3 aliphatic rings. The van der Waals surface area contributed by atoms with Crippen molar-refractivity contribution in [2.75, 3.05) is 14.2 Å². The standard InChI is InChI=1S/C12H18O3/c1-13-9-3-4-10(14-2)8-6-12-11(15-12)5-7(8)9/h3-4,7-12H,5-6H2,1-2H3. The fourth-order valence-corrected chi connectivity index (χ4v) is 3.25. The smallest absolute Gasteiger partial charge is 0.0845 e. The number of methoxy groups -OCH3 is 2. The van der Waals surface area contributed by atoms with E-state index in [1.54, 1.807) is 14.2 Å². The topological polar surface area (TPSA) is 31.0 Å². The third-order valence-electron chi connectivity index (χ3n) is 4.13. The number of hydrogen-bond donors (Lipinski definition) is 0. The van der Waals surface area contributed by atoms with Gasteiger partial charge in [0.15, 0.2) is 0 Å². The molecule has 1 saturated heterocycles. The summed E-state index contributed by atoms with van der Waals surface area (Å²) in [7, 11) is 3.58. The molecule has 1 aliphatic heterocycles. The molecule has 0 radical (unpaired) electrons. The van der Waals surface area contributed by atoms with Crippen molar-refractivity contribution in [2.24, 2.45) is 11.8 Å². The molecule has 3 heteroatoms. The van der Waals surface area contributed by atoms with Crippen LogP contribution in [0.3, 0.4) is 0 Å². The predicted molar refractivity (Wildman–Crippen MR) is 55.6 cm³/mol. The molecule has 0 bridgehead atoms. The largest absolute Gasteiger partial charge is 0.377 e. The molecule has 0 spiro atoms. The van der Waals surface area contributed by atoms with Gasteiger partial charge >= 0.3 is 0 Å². The summed E-state index contributed by atoms with van der Waals surface area (Å²) in [5, 5.41) is 0. The summed E-state index contributed by atoms with van der Waals surface area (Å²) in [5.74, 6) is 1.15. The molecule has 6 atom stereocenters. The molecule has 6 unspecified atom stereocenters.